The van der Waals surface area contributed by atoms with Gasteiger partial charge in [-0.25, -0.2) is 4.79 Å². The van der Waals surface area contributed by atoms with Crippen molar-refractivity contribution in [3.05, 3.63) is 0 Å². The van der Waals surface area contributed by atoms with E-state index in [1.54, 1.807) is 0 Å². The van der Waals surface area contributed by atoms with E-state index < -0.39 is 0 Å². The van der Waals surface area contributed by atoms with Gasteiger partial charge in [0.25, 0.3) is 0 Å². The van der Waals surface area contributed by atoms with Crippen LogP contribution < -0.4 is 0 Å². The summed E-state index contributed by atoms with van der Waals surface area (Å²) in [5.74, 6) is 1.52. The van der Waals surface area contributed by atoms with Gasteiger partial charge >= 0.3 is 6.09 Å². The molecule has 0 aromatic rings. The minimum absolute atomic E-state index is 0.109. The molecule has 1 saturated carbocycles. The first-order chi connectivity index (χ1) is 6.81. The van der Waals surface area contributed by atoms with Crippen molar-refractivity contribution in [3.63, 3.8) is 0 Å². The SMILES string of the molecule is CCOC(=O)N1C[C@H]2CCCC[C@H]2C1. The highest BCUT2D eigenvalue weighted by Crippen LogP contribution is 2.36. The Morgan fingerprint density at radius 1 is 1.29 bits per heavy atom. The molecular formula is C11H19NO2. The highest BCUT2D eigenvalue weighted by atomic mass is 16.6. The molecule has 1 amide bonds. The number of carbonyl (C=O) groups is 1. The first-order valence-corrected chi connectivity index (χ1v) is 5.73. The summed E-state index contributed by atoms with van der Waals surface area (Å²) in [6.45, 7) is 4.22. The predicted octanol–water partition coefficient (Wildman–Crippen LogP) is 2.26. The van der Waals surface area contributed by atoms with E-state index in [9.17, 15) is 4.79 Å². The Balaban J connectivity index is 1.89. The van der Waals surface area contributed by atoms with Crippen LogP contribution in [0.1, 0.15) is 32.6 Å². The summed E-state index contributed by atoms with van der Waals surface area (Å²) in [6.07, 6.45) is 5.19. The molecule has 2 rings (SSSR count). The van der Waals surface area contributed by atoms with Crippen LogP contribution in [0.3, 0.4) is 0 Å². The summed E-state index contributed by atoms with van der Waals surface area (Å²) < 4.78 is 5.02. The Morgan fingerprint density at radius 3 is 2.36 bits per heavy atom. The molecule has 0 spiro atoms. The fraction of sp³-hybridized carbons (Fsp3) is 0.909. The minimum atomic E-state index is -0.109. The van der Waals surface area contributed by atoms with Crippen LogP contribution in [0, 0.1) is 11.8 Å². The first kappa shape index (κ1) is 9.81. The molecule has 3 heteroatoms. The van der Waals surface area contributed by atoms with E-state index in [2.05, 4.69) is 0 Å². The number of hydrogen-bond donors (Lipinski definition) is 0. The smallest absolute Gasteiger partial charge is 0.409 e. The van der Waals surface area contributed by atoms with Crippen LogP contribution in [0.25, 0.3) is 0 Å². The average molecular weight is 197 g/mol. The summed E-state index contributed by atoms with van der Waals surface area (Å²) in [5.41, 5.74) is 0. The van der Waals surface area contributed by atoms with Crippen molar-refractivity contribution in [2.24, 2.45) is 11.8 Å². The van der Waals surface area contributed by atoms with Crippen molar-refractivity contribution >= 4 is 6.09 Å². The molecule has 1 aliphatic carbocycles. The molecule has 0 N–H and O–H groups in total. The van der Waals surface area contributed by atoms with E-state index in [0.717, 1.165) is 24.9 Å². The van der Waals surface area contributed by atoms with Crippen molar-refractivity contribution in [3.8, 4) is 0 Å². The third-order valence-corrected chi connectivity index (χ3v) is 3.50. The number of fused-ring (bicyclic) bond motifs is 1. The van der Waals surface area contributed by atoms with Gasteiger partial charge in [-0.2, -0.15) is 0 Å². The van der Waals surface area contributed by atoms with E-state index in [-0.39, 0.29) is 6.09 Å². The highest BCUT2D eigenvalue weighted by molar-refractivity contribution is 5.68. The van der Waals surface area contributed by atoms with E-state index in [0.29, 0.717) is 6.61 Å². The molecule has 0 bridgehead atoms. The summed E-state index contributed by atoms with van der Waals surface area (Å²) >= 11 is 0. The molecule has 2 fully saturated rings. The number of ether oxygens (including phenoxy) is 1. The number of nitrogens with zero attached hydrogens (tertiary/aromatic N) is 1. The summed E-state index contributed by atoms with van der Waals surface area (Å²) in [4.78, 5) is 13.4. The number of likely N-dealkylation sites (tertiary alicyclic amines) is 1. The van der Waals surface area contributed by atoms with Gasteiger partial charge in [0, 0.05) is 13.1 Å². The largest absolute Gasteiger partial charge is 0.450 e. The number of amides is 1. The van der Waals surface area contributed by atoms with Gasteiger partial charge in [0.05, 0.1) is 6.61 Å². The predicted molar refractivity (Wildman–Crippen MR) is 54.0 cm³/mol. The van der Waals surface area contributed by atoms with Crippen LogP contribution in [0.4, 0.5) is 4.79 Å². The lowest BCUT2D eigenvalue weighted by Crippen LogP contribution is -2.29. The van der Waals surface area contributed by atoms with E-state index in [4.69, 9.17) is 4.74 Å². The zero-order valence-electron chi connectivity index (χ0n) is 8.87. The number of carbonyl (C=O) groups excluding carboxylic acids is 1. The molecule has 1 saturated heterocycles. The van der Waals surface area contributed by atoms with Crippen molar-refractivity contribution in [2.75, 3.05) is 19.7 Å². The van der Waals surface area contributed by atoms with Gasteiger partial charge < -0.3 is 9.64 Å². The molecular weight excluding hydrogens is 178 g/mol. The molecule has 0 radical (unpaired) electrons. The minimum Gasteiger partial charge on any atom is -0.450 e. The second-order valence-electron chi connectivity index (χ2n) is 4.41. The zero-order valence-corrected chi connectivity index (χ0v) is 8.87. The maximum Gasteiger partial charge on any atom is 0.409 e. The highest BCUT2D eigenvalue weighted by Gasteiger charge is 2.36. The van der Waals surface area contributed by atoms with Crippen molar-refractivity contribution < 1.29 is 9.53 Å². The van der Waals surface area contributed by atoms with Gasteiger partial charge in [0.15, 0.2) is 0 Å². The van der Waals surface area contributed by atoms with Crippen LogP contribution in [0.2, 0.25) is 0 Å². The Hall–Kier alpha value is -0.730. The van der Waals surface area contributed by atoms with Gasteiger partial charge in [0.1, 0.15) is 0 Å². The van der Waals surface area contributed by atoms with Gasteiger partial charge in [0.2, 0.25) is 0 Å². The Morgan fingerprint density at radius 2 is 1.86 bits per heavy atom. The Bertz CT molecular complexity index is 203. The zero-order chi connectivity index (χ0) is 9.97. The van der Waals surface area contributed by atoms with Gasteiger partial charge in [-0.3, -0.25) is 0 Å². The van der Waals surface area contributed by atoms with Crippen LogP contribution in [-0.4, -0.2) is 30.7 Å². The average Bonchev–Trinajstić information content (AvgIpc) is 2.61. The molecule has 0 aromatic carbocycles. The molecule has 1 aliphatic heterocycles. The topological polar surface area (TPSA) is 29.5 Å². The molecule has 0 aromatic heterocycles. The van der Waals surface area contributed by atoms with E-state index >= 15 is 0 Å². The van der Waals surface area contributed by atoms with Gasteiger partial charge in [-0.05, 0) is 31.6 Å². The van der Waals surface area contributed by atoms with E-state index in [1.165, 1.54) is 25.7 Å². The summed E-state index contributed by atoms with van der Waals surface area (Å²) in [5, 5.41) is 0. The quantitative estimate of drug-likeness (QED) is 0.645. The third kappa shape index (κ3) is 1.86. The second-order valence-corrected chi connectivity index (χ2v) is 4.41. The van der Waals surface area contributed by atoms with Crippen molar-refractivity contribution in [1.82, 2.24) is 4.90 Å². The molecule has 2 aliphatic rings. The first-order valence-electron chi connectivity index (χ1n) is 5.73. The van der Waals surface area contributed by atoms with Crippen molar-refractivity contribution in [2.45, 2.75) is 32.6 Å². The standard InChI is InChI=1S/C11H19NO2/c1-2-14-11(13)12-7-9-5-3-4-6-10(9)8-12/h9-10H,2-8H2,1H3/t9-,10+. The van der Waals surface area contributed by atoms with Crippen LogP contribution in [0.5, 0.6) is 0 Å². The Labute approximate surface area is 85.4 Å². The lowest BCUT2D eigenvalue weighted by Gasteiger charge is -2.22. The molecule has 0 unspecified atom stereocenters. The maximum absolute atomic E-state index is 11.5. The molecule has 3 nitrogen and oxygen atoms in total. The lowest BCUT2D eigenvalue weighted by molar-refractivity contribution is 0.114. The fourth-order valence-corrected chi connectivity index (χ4v) is 2.77. The van der Waals surface area contributed by atoms with Crippen LogP contribution in [-0.2, 0) is 4.74 Å². The van der Waals surface area contributed by atoms with Crippen LogP contribution >= 0.6 is 0 Å². The maximum atomic E-state index is 11.5. The molecule has 14 heavy (non-hydrogen) atoms. The monoisotopic (exact) mass is 197 g/mol. The van der Waals surface area contributed by atoms with E-state index in [1.807, 2.05) is 11.8 Å². The molecule has 2 atom stereocenters. The Kier molecular flexibility index (Phi) is 2.94. The van der Waals surface area contributed by atoms with Gasteiger partial charge in [-0.1, -0.05) is 12.8 Å². The number of hydrogen-bond acceptors (Lipinski definition) is 2. The summed E-state index contributed by atoms with van der Waals surface area (Å²) in [6, 6.07) is 0. The van der Waals surface area contributed by atoms with Gasteiger partial charge in [-0.15, -0.1) is 0 Å². The summed E-state index contributed by atoms with van der Waals surface area (Å²) in [7, 11) is 0. The molecule has 1 heterocycles. The van der Waals surface area contributed by atoms with Crippen LogP contribution in [0.15, 0.2) is 0 Å². The second kappa shape index (κ2) is 4.20. The molecule has 80 valence electrons. The fourth-order valence-electron chi connectivity index (χ4n) is 2.77. The normalized spacial score (nSPS) is 31.4. The number of rotatable bonds is 1. The van der Waals surface area contributed by atoms with Crippen molar-refractivity contribution in [1.29, 1.82) is 0 Å². The lowest BCUT2D eigenvalue weighted by atomic mass is 9.82. The third-order valence-electron chi connectivity index (χ3n) is 3.50.